The Morgan fingerprint density at radius 1 is 0.781 bits per heavy atom. The Hall–Kier alpha value is -2.22. The van der Waals surface area contributed by atoms with E-state index in [9.17, 15) is 0 Å². The molecule has 166 valence electrons. The Labute approximate surface area is 199 Å². The lowest BCUT2D eigenvalue weighted by Gasteiger charge is -2.34. The third-order valence-electron chi connectivity index (χ3n) is 6.58. The molecular weight excluding hydrogens is 427 g/mol. The smallest absolute Gasteiger partial charge is 0.166 e. The highest BCUT2D eigenvalue weighted by Gasteiger charge is 2.38. The normalized spacial score (nSPS) is 20.0. The molecule has 32 heavy (non-hydrogen) atoms. The van der Waals surface area contributed by atoms with Crippen LogP contribution in [0.4, 0.5) is 0 Å². The van der Waals surface area contributed by atoms with Gasteiger partial charge in [0.05, 0.1) is 6.04 Å². The second-order valence-electron chi connectivity index (χ2n) is 8.74. The Bertz CT molecular complexity index is 941. The number of rotatable bonds is 7. The summed E-state index contributed by atoms with van der Waals surface area (Å²) in [6.45, 7) is 4.48. The molecule has 2 unspecified atom stereocenters. The highest BCUT2D eigenvalue weighted by Crippen LogP contribution is 2.50. The van der Waals surface area contributed by atoms with Crippen molar-refractivity contribution in [2.24, 2.45) is 5.92 Å². The molecule has 4 rings (SSSR count). The molecule has 2 N–H and O–H groups in total. The van der Waals surface area contributed by atoms with Crippen LogP contribution in [-0.2, 0) is 0 Å². The molecule has 0 amide bonds. The SMILES string of the molecule is C[C@H](NC(=S)N[C@H](C)C1CCCC1P(c1ccccc1)c1ccccc1)c1ccccc1. The quantitative estimate of drug-likeness (QED) is 0.339. The summed E-state index contributed by atoms with van der Waals surface area (Å²) in [7, 11) is -0.405. The molecule has 1 saturated carbocycles. The van der Waals surface area contributed by atoms with E-state index in [1.54, 1.807) is 0 Å². The molecule has 0 saturated heterocycles. The first-order chi connectivity index (χ1) is 15.6. The summed E-state index contributed by atoms with van der Waals surface area (Å²) < 4.78 is 0. The van der Waals surface area contributed by atoms with Crippen LogP contribution in [0.5, 0.6) is 0 Å². The molecule has 3 aromatic carbocycles. The van der Waals surface area contributed by atoms with Gasteiger partial charge in [0, 0.05) is 6.04 Å². The highest BCUT2D eigenvalue weighted by molar-refractivity contribution is 7.80. The Kier molecular flexibility index (Phi) is 7.95. The Morgan fingerprint density at radius 3 is 1.88 bits per heavy atom. The fourth-order valence-corrected chi connectivity index (χ4v) is 8.60. The van der Waals surface area contributed by atoms with E-state index >= 15 is 0 Å². The highest BCUT2D eigenvalue weighted by atomic mass is 32.1. The first-order valence-electron chi connectivity index (χ1n) is 11.6. The number of benzene rings is 3. The molecular formula is C28H33N2PS. The minimum absolute atomic E-state index is 0.188. The van der Waals surface area contributed by atoms with Gasteiger partial charge in [0.25, 0.3) is 0 Å². The van der Waals surface area contributed by atoms with Gasteiger partial charge in [-0.2, -0.15) is 0 Å². The van der Waals surface area contributed by atoms with Crippen molar-refractivity contribution in [3.05, 3.63) is 96.6 Å². The van der Waals surface area contributed by atoms with Gasteiger partial charge in [0.2, 0.25) is 0 Å². The van der Waals surface area contributed by atoms with E-state index in [0.29, 0.717) is 17.6 Å². The maximum Gasteiger partial charge on any atom is 0.166 e. The first-order valence-corrected chi connectivity index (χ1v) is 13.5. The van der Waals surface area contributed by atoms with Crippen molar-refractivity contribution in [3.8, 4) is 0 Å². The lowest BCUT2D eigenvalue weighted by Crippen LogP contribution is -2.46. The number of hydrogen-bond donors (Lipinski definition) is 2. The third kappa shape index (κ3) is 5.57. The van der Waals surface area contributed by atoms with Crippen LogP contribution in [-0.4, -0.2) is 16.8 Å². The molecule has 4 atom stereocenters. The zero-order valence-electron chi connectivity index (χ0n) is 18.9. The van der Waals surface area contributed by atoms with E-state index in [-0.39, 0.29) is 6.04 Å². The number of nitrogens with one attached hydrogen (secondary N) is 2. The molecule has 0 bridgehead atoms. The summed E-state index contributed by atoms with van der Waals surface area (Å²) in [5.74, 6) is 0.605. The van der Waals surface area contributed by atoms with Crippen LogP contribution in [0.3, 0.4) is 0 Å². The monoisotopic (exact) mass is 460 g/mol. The van der Waals surface area contributed by atoms with Crippen LogP contribution in [0.2, 0.25) is 0 Å². The van der Waals surface area contributed by atoms with E-state index in [4.69, 9.17) is 12.2 Å². The van der Waals surface area contributed by atoms with Crippen LogP contribution >= 0.6 is 20.1 Å². The predicted molar refractivity (Wildman–Crippen MR) is 143 cm³/mol. The fraction of sp³-hybridized carbons (Fsp3) is 0.321. The molecule has 1 fully saturated rings. The van der Waals surface area contributed by atoms with Gasteiger partial charge in [-0.3, -0.25) is 0 Å². The minimum Gasteiger partial charge on any atom is -0.360 e. The molecule has 4 heteroatoms. The molecule has 0 spiro atoms. The zero-order chi connectivity index (χ0) is 22.3. The summed E-state index contributed by atoms with van der Waals surface area (Å²) in [5, 5.41) is 10.8. The van der Waals surface area contributed by atoms with Crippen molar-refractivity contribution in [1.82, 2.24) is 10.6 Å². The van der Waals surface area contributed by atoms with E-state index < -0.39 is 7.92 Å². The van der Waals surface area contributed by atoms with Gasteiger partial charge in [-0.25, -0.2) is 0 Å². The number of thiocarbonyl (C=S) groups is 1. The van der Waals surface area contributed by atoms with Gasteiger partial charge < -0.3 is 10.6 Å². The lowest BCUT2D eigenvalue weighted by atomic mass is 9.99. The van der Waals surface area contributed by atoms with Crippen LogP contribution in [0.1, 0.15) is 44.7 Å². The van der Waals surface area contributed by atoms with Crippen molar-refractivity contribution in [2.75, 3.05) is 0 Å². The third-order valence-corrected chi connectivity index (χ3v) is 9.83. The van der Waals surface area contributed by atoms with Crippen LogP contribution in [0.15, 0.2) is 91.0 Å². The first kappa shape index (κ1) is 23.0. The van der Waals surface area contributed by atoms with E-state index in [0.717, 1.165) is 5.11 Å². The molecule has 2 nitrogen and oxygen atoms in total. The molecule has 0 aliphatic heterocycles. The average Bonchev–Trinajstić information content (AvgIpc) is 3.31. The van der Waals surface area contributed by atoms with Gasteiger partial charge in [0.1, 0.15) is 0 Å². The molecule has 0 aromatic heterocycles. The maximum absolute atomic E-state index is 5.72. The molecule has 1 aliphatic rings. The maximum atomic E-state index is 5.72. The topological polar surface area (TPSA) is 24.1 Å². The average molecular weight is 461 g/mol. The van der Waals surface area contributed by atoms with Gasteiger partial charge in [-0.1, -0.05) is 97.4 Å². The summed E-state index contributed by atoms with van der Waals surface area (Å²) in [6.07, 6.45) is 3.83. The van der Waals surface area contributed by atoms with Crippen LogP contribution in [0.25, 0.3) is 0 Å². The second-order valence-corrected chi connectivity index (χ2v) is 11.6. The van der Waals surface area contributed by atoms with Crippen molar-refractivity contribution in [2.45, 2.75) is 50.9 Å². The van der Waals surface area contributed by atoms with Gasteiger partial charge in [0.15, 0.2) is 5.11 Å². The van der Waals surface area contributed by atoms with E-state index in [1.165, 1.54) is 35.4 Å². The summed E-state index contributed by atoms with van der Waals surface area (Å²) in [5.41, 5.74) is 1.91. The minimum atomic E-state index is -0.405. The molecule has 1 aliphatic carbocycles. The number of hydrogen-bond acceptors (Lipinski definition) is 1. The van der Waals surface area contributed by atoms with Crippen LogP contribution < -0.4 is 21.2 Å². The van der Waals surface area contributed by atoms with Crippen molar-refractivity contribution >= 4 is 35.9 Å². The standard InChI is InChI=1S/C28H33N2PS/c1-21(23-13-6-3-7-14-23)29-28(32)30-22(2)26-19-12-20-27(26)31(24-15-8-4-9-16-24)25-17-10-5-11-18-25/h3-11,13-18,21-22,26-27H,12,19-20H2,1-2H3,(H2,29,30,32)/t21-,22+,26?,27?/m0/s1. The molecule has 3 aromatic rings. The summed E-state index contributed by atoms with van der Waals surface area (Å²) in [4.78, 5) is 0. The molecule has 0 heterocycles. The van der Waals surface area contributed by atoms with Crippen LogP contribution in [0, 0.1) is 5.92 Å². The van der Waals surface area contributed by atoms with E-state index in [2.05, 4.69) is 109 Å². The van der Waals surface area contributed by atoms with Crippen molar-refractivity contribution in [1.29, 1.82) is 0 Å². The lowest BCUT2D eigenvalue weighted by molar-refractivity contribution is 0.429. The van der Waals surface area contributed by atoms with Crippen molar-refractivity contribution in [3.63, 3.8) is 0 Å². The van der Waals surface area contributed by atoms with E-state index in [1.807, 2.05) is 6.07 Å². The van der Waals surface area contributed by atoms with Crippen molar-refractivity contribution < 1.29 is 0 Å². The second kappa shape index (κ2) is 11.1. The predicted octanol–water partition coefficient (Wildman–Crippen LogP) is 5.90. The zero-order valence-corrected chi connectivity index (χ0v) is 20.7. The largest absolute Gasteiger partial charge is 0.360 e. The summed E-state index contributed by atoms with van der Waals surface area (Å²) >= 11 is 5.72. The van der Waals surface area contributed by atoms with Gasteiger partial charge in [-0.05, 0) is 74.6 Å². The Balaban J connectivity index is 1.48. The van der Waals surface area contributed by atoms with Gasteiger partial charge in [-0.15, -0.1) is 0 Å². The fourth-order valence-electron chi connectivity index (χ4n) is 4.96. The Morgan fingerprint density at radius 2 is 1.31 bits per heavy atom. The van der Waals surface area contributed by atoms with Gasteiger partial charge >= 0.3 is 0 Å². The summed E-state index contributed by atoms with van der Waals surface area (Å²) in [6, 6.07) is 33.3. The molecule has 0 radical (unpaired) electrons.